The van der Waals surface area contributed by atoms with Crippen LogP contribution >= 0.6 is 11.3 Å². The SMILES string of the molecule is Cc1ncsc1CCC(=O)N1CCN(C)[C@H]2CS(=O)(=O)C[C@H]21. The Morgan fingerprint density at radius 2 is 2.09 bits per heavy atom. The summed E-state index contributed by atoms with van der Waals surface area (Å²) >= 11 is 1.57. The highest BCUT2D eigenvalue weighted by molar-refractivity contribution is 7.91. The quantitative estimate of drug-likeness (QED) is 0.791. The van der Waals surface area contributed by atoms with Gasteiger partial charge in [-0.25, -0.2) is 13.4 Å². The molecule has 3 rings (SSSR count). The van der Waals surface area contributed by atoms with Crippen molar-refractivity contribution in [1.82, 2.24) is 14.8 Å². The van der Waals surface area contributed by atoms with E-state index in [1.54, 1.807) is 21.7 Å². The first-order valence-electron chi connectivity index (χ1n) is 7.46. The molecule has 0 bridgehead atoms. The zero-order chi connectivity index (χ0) is 15.9. The van der Waals surface area contributed by atoms with E-state index in [4.69, 9.17) is 0 Å². The summed E-state index contributed by atoms with van der Waals surface area (Å²) in [5.74, 6) is 0.340. The first-order chi connectivity index (χ1) is 10.4. The lowest BCUT2D eigenvalue weighted by Gasteiger charge is -2.42. The maximum absolute atomic E-state index is 12.6. The fourth-order valence-electron chi connectivity index (χ4n) is 3.37. The topological polar surface area (TPSA) is 70.6 Å². The Morgan fingerprint density at radius 3 is 2.77 bits per heavy atom. The van der Waals surface area contributed by atoms with Crippen LogP contribution in [0.3, 0.4) is 0 Å². The van der Waals surface area contributed by atoms with E-state index in [0.717, 1.165) is 17.1 Å². The smallest absolute Gasteiger partial charge is 0.223 e. The van der Waals surface area contributed by atoms with Crippen LogP contribution in [0.15, 0.2) is 5.51 Å². The number of hydrogen-bond acceptors (Lipinski definition) is 6. The Kier molecular flexibility index (Phi) is 4.26. The number of carbonyl (C=O) groups is 1. The van der Waals surface area contributed by atoms with Crippen LogP contribution < -0.4 is 0 Å². The number of nitrogens with zero attached hydrogens (tertiary/aromatic N) is 3. The minimum atomic E-state index is -3.04. The van der Waals surface area contributed by atoms with Gasteiger partial charge in [-0.05, 0) is 20.4 Å². The minimum absolute atomic E-state index is 0.0483. The van der Waals surface area contributed by atoms with E-state index in [0.29, 0.717) is 19.4 Å². The van der Waals surface area contributed by atoms with Crippen molar-refractivity contribution in [2.24, 2.45) is 0 Å². The highest BCUT2D eigenvalue weighted by Gasteiger charge is 2.46. The van der Waals surface area contributed by atoms with Crippen molar-refractivity contribution < 1.29 is 13.2 Å². The molecule has 2 aliphatic rings. The molecule has 22 heavy (non-hydrogen) atoms. The van der Waals surface area contributed by atoms with E-state index in [2.05, 4.69) is 9.88 Å². The monoisotopic (exact) mass is 343 g/mol. The lowest BCUT2D eigenvalue weighted by molar-refractivity contribution is -0.136. The summed E-state index contributed by atoms with van der Waals surface area (Å²) in [6.07, 6.45) is 1.11. The number of carbonyl (C=O) groups excluding carboxylic acids is 1. The van der Waals surface area contributed by atoms with E-state index >= 15 is 0 Å². The van der Waals surface area contributed by atoms with Gasteiger partial charge in [-0.15, -0.1) is 11.3 Å². The van der Waals surface area contributed by atoms with Crippen LogP contribution in [-0.4, -0.2) is 72.8 Å². The average Bonchev–Trinajstić information content (AvgIpc) is 2.99. The third kappa shape index (κ3) is 3.04. The van der Waals surface area contributed by atoms with Gasteiger partial charge in [0.25, 0.3) is 0 Å². The maximum atomic E-state index is 12.6. The lowest BCUT2D eigenvalue weighted by Crippen LogP contribution is -2.59. The molecule has 0 radical (unpaired) electrons. The van der Waals surface area contributed by atoms with Crippen LogP contribution in [0.5, 0.6) is 0 Å². The fourth-order valence-corrected chi connectivity index (χ4v) is 6.20. The predicted molar refractivity (Wildman–Crippen MR) is 85.7 cm³/mol. The number of sulfone groups is 1. The van der Waals surface area contributed by atoms with Crippen molar-refractivity contribution in [3.8, 4) is 0 Å². The highest BCUT2D eigenvalue weighted by atomic mass is 32.2. The van der Waals surface area contributed by atoms with E-state index in [1.807, 2.05) is 14.0 Å². The van der Waals surface area contributed by atoms with Crippen LogP contribution in [0, 0.1) is 6.92 Å². The van der Waals surface area contributed by atoms with Gasteiger partial charge in [0.2, 0.25) is 5.91 Å². The molecule has 0 spiro atoms. The van der Waals surface area contributed by atoms with Gasteiger partial charge in [-0.2, -0.15) is 0 Å². The Balaban J connectivity index is 1.68. The number of aromatic nitrogens is 1. The van der Waals surface area contributed by atoms with E-state index in [1.165, 1.54) is 0 Å². The van der Waals surface area contributed by atoms with Gasteiger partial charge < -0.3 is 4.90 Å². The van der Waals surface area contributed by atoms with E-state index < -0.39 is 9.84 Å². The van der Waals surface area contributed by atoms with Gasteiger partial charge in [0.15, 0.2) is 9.84 Å². The van der Waals surface area contributed by atoms with E-state index in [-0.39, 0.29) is 29.5 Å². The molecule has 3 heterocycles. The summed E-state index contributed by atoms with van der Waals surface area (Å²) in [4.78, 5) is 21.8. The summed E-state index contributed by atoms with van der Waals surface area (Å²) in [5.41, 5.74) is 2.78. The molecular weight excluding hydrogens is 322 g/mol. The summed E-state index contributed by atoms with van der Waals surface area (Å²) < 4.78 is 23.9. The lowest BCUT2D eigenvalue weighted by atomic mass is 10.0. The minimum Gasteiger partial charge on any atom is -0.336 e. The first kappa shape index (κ1) is 15.9. The molecule has 0 N–H and O–H groups in total. The Morgan fingerprint density at radius 1 is 1.36 bits per heavy atom. The number of hydrogen-bond donors (Lipinski definition) is 0. The summed E-state index contributed by atoms with van der Waals surface area (Å²) in [6.45, 7) is 3.31. The Labute approximate surface area is 135 Å². The zero-order valence-electron chi connectivity index (χ0n) is 12.9. The predicted octanol–water partition coefficient (Wildman–Crippen LogP) is 0.324. The van der Waals surface area contributed by atoms with Crippen molar-refractivity contribution in [3.05, 3.63) is 16.1 Å². The van der Waals surface area contributed by atoms with Gasteiger partial charge >= 0.3 is 0 Å². The van der Waals surface area contributed by atoms with Gasteiger partial charge in [0.1, 0.15) is 0 Å². The van der Waals surface area contributed by atoms with Crippen LogP contribution in [-0.2, 0) is 21.1 Å². The van der Waals surface area contributed by atoms with Crippen LogP contribution in [0.1, 0.15) is 17.0 Å². The molecule has 2 atom stereocenters. The number of thiazole rings is 1. The number of amides is 1. The van der Waals surface area contributed by atoms with Gasteiger partial charge in [0.05, 0.1) is 28.8 Å². The normalized spacial score (nSPS) is 27.8. The highest BCUT2D eigenvalue weighted by Crippen LogP contribution is 2.27. The summed E-state index contributed by atoms with van der Waals surface area (Å²) in [7, 11) is -1.09. The molecule has 122 valence electrons. The second-order valence-electron chi connectivity index (χ2n) is 6.14. The summed E-state index contributed by atoms with van der Waals surface area (Å²) in [5, 5.41) is 0. The van der Waals surface area contributed by atoms with Gasteiger partial charge in [0, 0.05) is 30.4 Å². The molecular formula is C14H21N3O3S2. The molecule has 1 aromatic heterocycles. The number of aryl methyl sites for hydroxylation is 2. The van der Waals surface area contributed by atoms with Crippen LogP contribution in [0.2, 0.25) is 0 Å². The molecule has 8 heteroatoms. The zero-order valence-corrected chi connectivity index (χ0v) is 14.5. The summed E-state index contributed by atoms with van der Waals surface area (Å²) in [6, 6.07) is -0.230. The largest absolute Gasteiger partial charge is 0.336 e. The average molecular weight is 343 g/mol. The molecule has 6 nitrogen and oxygen atoms in total. The molecule has 2 fully saturated rings. The van der Waals surface area contributed by atoms with Crippen molar-refractivity contribution in [1.29, 1.82) is 0 Å². The second-order valence-corrected chi connectivity index (χ2v) is 9.23. The van der Waals surface area contributed by atoms with Crippen molar-refractivity contribution >= 4 is 27.1 Å². The number of likely N-dealkylation sites (N-methyl/N-ethyl adjacent to an activating group) is 1. The standard InChI is InChI=1S/C14H21N3O3S2/c1-10-13(21-9-15-10)3-4-14(18)17-6-5-16(2)11-7-22(19,20)8-12(11)17/h9,11-12H,3-8H2,1-2H3/t11-,12+/m0/s1. The van der Waals surface area contributed by atoms with E-state index in [9.17, 15) is 13.2 Å². The van der Waals surface area contributed by atoms with Crippen molar-refractivity contribution in [3.63, 3.8) is 0 Å². The molecule has 1 aromatic rings. The van der Waals surface area contributed by atoms with Crippen molar-refractivity contribution in [2.45, 2.75) is 31.8 Å². The molecule has 1 amide bonds. The second kappa shape index (κ2) is 5.90. The molecule has 0 saturated carbocycles. The Hall–Kier alpha value is -0.990. The maximum Gasteiger partial charge on any atom is 0.223 e. The van der Waals surface area contributed by atoms with Crippen LogP contribution in [0.25, 0.3) is 0 Å². The molecule has 0 aliphatic carbocycles. The Bertz CT molecular complexity index is 671. The van der Waals surface area contributed by atoms with Gasteiger partial charge in [-0.1, -0.05) is 0 Å². The van der Waals surface area contributed by atoms with Gasteiger partial charge in [-0.3, -0.25) is 9.69 Å². The number of piperazine rings is 1. The van der Waals surface area contributed by atoms with Crippen molar-refractivity contribution in [2.75, 3.05) is 31.6 Å². The first-order valence-corrected chi connectivity index (χ1v) is 10.2. The fraction of sp³-hybridized carbons (Fsp3) is 0.714. The third-order valence-corrected chi connectivity index (χ3v) is 7.38. The van der Waals surface area contributed by atoms with Crippen LogP contribution in [0.4, 0.5) is 0 Å². The molecule has 2 saturated heterocycles. The molecule has 0 unspecified atom stereocenters. The third-order valence-electron chi connectivity index (χ3n) is 4.68. The number of rotatable bonds is 3. The molecule has 0 aromatic carbocycles. The molecule has 2 aliphatic heterocycles. The number of fused-ring (bicyclic) bond motifs is 1.